The van der Waals surface area contributed by atoms with Crippen LogP contribution in [0.2, 0.25) is 0 Å². The summed E-state index contributed by atoms with van der Waals surface area (Å²) in [7, 11) is 0. The summed E-state index contributed by atoms with van der Waals surface area (Å²) < 4.78 is 3.21. The monoisotopic (exact) mass is 437 g/mol. The predicted octanol–water partition coefficient (Wildman–Crippen LogP) is 2.28. The van der Waals surface area contributed by atoms with Gasteiger partial charge in [0, 0.05) is 31.2 Å². The van der Waals surface area contributed by atoms with Gasteiger partial charge < -0.3 is 10.2 Å². The highest BCUT2D eigenvalue weighted by molar-refractivity contribution is 7.13. The minimum atomic E-state index is -0.393. The topological polar surface area (TPSA) is 89.2 Å². The van der Waals surface area contributed by atoms with Crippen molar-refractivity contribution in [2.24, 2.45) is 5.92 Å². The van der Waals surface area contributed by atoms with Crippen LogP contribution in [0.4, 0.5) is 5.69 Å². The Hall–Kier alpha value is -3.20. The van der Waals surface area contributed by atoms with E-state index in [1.54, 1.807) is 20.8 Å². The Kier molecular flexibility index (Phi) is 5.19. The van der Waals surface area contributed by atoms with E-state index in [2.05, 4.69) is 10.4 Å². The van der Waals surface area contributed by atoms with E-state index in [1.165, 1.54) is 4.68 Å². The van der Waals surface area contributed by atoms with Gasteiger partial charge in [0.15, 0.2) is 5.82 Å². The standard InChI is InChI=1S/C22H23N5O3S/c28-19-13-15(14-25(19)16-5-2-1-3-6-16)21(29)23-10-11-26-22(30)27(17-8-9-17)20(24-26)18-7-4-12-31-18/h1-7,12,15,17H,8-11,13-14H2,(H,23,29). The van der Waals surface area contributed by atoms with Crippen molar-refractivity contribution in [3.63, 3.8) is 0 Å². The zero-order valence-electron chi connectivity index (χ0n) is 16.9. The summed E-state index contributed by atoms with van der Waals surface area (Å²) in [6.07, 6.45) is 2.18. The second kappa shape index (κ2) is 8.14. The highest BCUT2D eigenvalue weighted by atomic mass is 32.1. The van der Waals surface area contributed by atoms with E-state index in [9.17, 15) is 14.4 Å². The minimum absolute atomic E-state index is 0.0497. The number of thiophene rings is 1. The van der Waals surface area contributed by atoms with Crippen molar-refractivity contribution in [1.29, 1.82) is 0 Å². The lowest BCUT2D eigenvalue weighted by molar-refractivity contribution is -0.126. The lowest BCUT2D eigenvalue weighted by atomic mass is 10.1. The molecule has 1 aliphatic carbocycles. The number of benzene rings is 1. The Bertz CT molecular complexity index is 1150. The van der Waals surface area contributed by atoms with Crippen LogP contribution in [0.5, 0.6) is 0 Å². The van der Waals surface area contributed by atoms with E-state index >= 15 is 0 Å². The Labute approximate surface area is 183 Å². The molecular weight excluding hydrogens is 414 g/mol. The number of nitrogens with one attached hydrogen (secondary N) is 1. The maximum absolute atomic E-state index is 12.8. The van der Waals surface area contributed by atoms with E-state index < -0.39 is 5.92 Å². The first-order chi connectivity index (χ1) is 15.1. The van der Waals surface area contributed by atoms with Crippen LogP contribution in [0, 0.1) is 5.92 Å². The summed E-state index contributed by atoms with van der Waals surface area (Å²) in [6.45, 7) is 0.958. The number of hydrogen-bond acceptors (Lipinski definition) is 5. The second-order valence-electron chi connectivity index (χ2n) is 7.94. The molecule has 5 rings (SSSR count). The molecule has 2 amide bonds. The Balaban J connectivity index is 1.22. The molecule has 31 heavy (non-hydrogen) atoms. The molecular formula is C22H23N5O3S. The molecule has 8 nitrogen and oxygen atoms in total. The molecule has 1 saturated carbocycles. The number of amides is 2. The van der Waals surface area contributed by atoms with Gasteiger partial charge in [-0.15, -0.1) is 16.4 Å². The number of aromatic nitrogens is 3. The summed E-state index contributed by atoms with van der Waals surface area (Å²) in [5.41, 5.74) is 0.674. The smallest absolute Gasteiger partial charge is 0.346 e. The normalized spacial score (nSPS) is 18.5. The Morgan fingerprint density at radius 1 is 1.13 bits per heavy atom. The van der Waals surface area contributed by atoms with Gasteiger partial charge in [0.1, 0.15) is 0 Å². The van der Waals surface area contributed by atoms with Gasteiger partial charge in [0.05, 0.1) is 17.3 Å². The fraction of sp³-hybridized carbons (Fsp3) is 0.364. The first-order valence-electron chi connectivity index (χ1n) is 10.5. The van der Waals surface area contributed by atoms with Crippen LogP contribution < -0.4 is 15.9 Å². The fourth-order valence-corrected chi connectivity index (χ4v) is 4.68. The van der Waals surface area contributed by atoms with Crippen LogP contribution >= 0.6 is 11.3 Å². The molecule has 1 aromatic carbocycles. The summed E-state index contributed by atoms with van der Waals surface area (Å²) >= 11 is 1.56. The zero-order valence-corrected chi connectivity index (χ0v) is 17.8. The van der Waals surface area contributed by atoms with Gasteiger partial charge in [-0.05, 0) is 36.4 Å². The van der Waals surface area contributed by atoms with Gasteiger partial charge in [-0.25, -0.2) is 9.48 Å². The number of carbonyl (C=O) groups is 2. The lowest BCUT2D eigenvalue weighted by Gasteiger charge is -2.16. The third kappa shape index (κ3) is 3.93. The highest BCUT2D eigenvalue weighted by Gasteiger charge is 2.35. The first-order valence-corrected chi connectivity index (χ1v) is 11.4. The van der Waals surface area contributed by atoms with Gasteiger partial charge in [-0.1, -0.05) is 24.3 Å². The van der Waals surface area contributed by atoms with Crippen LogP contribution in [0.15, 0.2) is 52.6 Å². The molecule has 3 aromatic rings. The summed E-state index contributed by atoms with van der Waals surface area (Å²) in [4.78, 5) is 40.4. The Morgan fingerprint density at radius 3 is 2.65 bits per heavy atom. The number of anilines is 1. The molecule has 160 valence electrons. The van der Waals surface area contributed by atoms with E-state index in [0.717, 1.165) is 23.4 Å². The molecule has 1 aliphatic heterocycles. The van der Waals surface area contributed by atoms with Crippen molar-refractivity contribution in [2.45, 2.75) is 31.8 Å². The van der Waals surface area contributed by atoms with Gasteiger partial charge >= 0.3 is 5.69 Å². The van der Waals surface area contributed by atoms with Gasteiger partial charge in [-0.3, -0.25) is 14.2 Å². The van der Waals surface area contributed by atoms with Crippen molar-refractivity contribution in [2.75, 3.05) is 18.0 Å². The summed E-state index contributed by atoms with van der Waals surface area (Å²) in [5, 5.41) is 9.38. The van der Waals surface area contributed by atoms with Crippen LogP contribution in [0.3, 0.4) is 0 Å². The molecule has 1 saturated heterocycles. The third-order valence-corrected chi connectivity index (χ3v) is 6.58. The number of para-hydroxylation sites is 1. The average molecular weight is 438 g/mol. The van der Waals surface area contributed by atoms with Crippen molar-refractivity contribution in [1.82, 2.24) is 19.7 Å². The fourth-order valence-electron chi connectivity index (χ4n) is 3.97. The molecule has 0 radical (unpaired) electrons. The van der Waals surface area contributed by atoms with E-state index in [0.29, 0.717) is 25.5 Å². The van der Waals surface area contributed by atoms with Crippen molar-refractivity contribution in [3.05, 3.63) is 58.3 Å². The van der Waals surface area contributed by atoms with Crippen LogP contribution in [0.25, 0.3) is 10.7 Å². The number of rotatable bonds is 7. The molecule has 1 unspecified atom stereocenters. The molecule has 1 N–H and O–H groups in total. The maximum atomic E-state index is 12.8. The summed E-state index contributed by atoms with van der Waals surface area (Å²) in [5.74, 6) is 0.0927. The molecule has 3 heterocycles. The van der Waals surface area contributed by atoms with Crippen LogP contribution in [-0.4, -0.2) is 39.3 Å². The first kappa shape index (κ1) is 19.7. The van der Waals surface area contributed by atoms with Gasteiger partial charge in [0.25, 0.3) is 0 Å². The number of nitrogens with zero attached hydrogens (tertiary/aromatic N) is 4. The minimum Gasteiger partial charge on any atom is -0.354 e. The second-order valence-corrected chi connectivity index (χ2v) is 8.89. The molecule has 2 fully saturated rings. The average Bonchev–Trinajstić information content (AvgIpc) is 3.18. The maximum Gasteiger partial charge on any atom is 0.346 e. The van der Waals surface area contributed by atoms with Crippen molar-refractivity contribution < 1.29 is 9.59 Å². The van der Waals surface area contributed by atoms with Crippen molar-refractivity contribution >= 4 is 28.8 Å². The van der Waals surface area contributed by atoms with Gasteiger partial charge in [0.2, 0.25) is 11.8 Å². The summed E-state index contributed by atoms with van der Waals surface area (Å²) in [6, 6.07) is 13.5. The molecule has 2 aliphatic rings. The molecule has 1 atom stereocenters. The largest absolute Gasteiger partial charge is 0.354 e. The van der Waals surface area contributed by atoms with E-state index in [4.69, 9.17) is 0 Å². The zero-order chi connectivity index (χ0) is 21.4. The Morgan fingerprint density at radius 2 is 1.94 bits per heavy atom. The number of hydrogen-bond donors (Lipinski definition) is 1. The third-order valence-electron chi connectivity index (χ3n) is 5.71. The molecule has 2 aromatic heterocycles. The lowest BCUT2D eigenvalue weighted by Crippen LogP contribution is -2.36. The van der Waals surface area contributed by atoms with E-state index in [1.807, 2.05) is 47.8 Å². The molecule has 0 spiro atoms. The quantitative estimate of drug-likeness (QED) is 0.614. The highest BCUT2D eigenvalue weighted by Crippen LogP contribution is 2.37. The number of carbonyl (C=O) groups excluding carboxylic acids is 2. The van der Waals surface area contributed by atoms with Gasteiger partial charge in [-0.2, -0.15) is 0 Å². The SMILES string of the molecule is O=C(NCCn1nc(-c2cccs2)n(C2CC2)c1=O)C1CC(=O)N(c2ccccc2)C1. The molecule has 9 heteroatoms. The van der Waals surface area contributed by atoms with Crippen LogP contribution in [-0.2, 0) is 16.1 Å². The predicted molar refractivity (Wildman–Crippen MR) is 118 cm³/mol. The van der Waals surface area contributed by atoms with Crippen LogP contribution in [0.1, 0.15) is 25.3 Å². The van der Waals surface area contributed by atoms with Crippen molar-refractivity contribution in [3.8, 4) is 10.7 Å². The van der Waals surface area contributed by atoms with E-state index in [-0.39, 0.29) is 30.0 Å². The molecule has 0 bridgehead atoms.